The quantitative estimate of drug-likeness (QED) is 0.562. The van der Waals surface area contributed by atoms with Gasteiger partial charge in [0.25, 0.3) is 15.9 Å². The minimum Gasteiger partial charge on any atom is -0.467 e. The fraction of sp³-hybridized carbons (Fsp3) is 0.105. The molecule has 1 aromatic heterocycles. The van der Waals surface area contributed by atoms with E-state index < -0.39 is 15.9 Å². The van der Waals surface area contributed by atoms with Crippen molar-refractivity contribution in [2.75, 3.05) is 11.4 Å². The molecule has 146 valence electrons. The van der Waals surface area contributed by atoms with Crippen molar-refractivity contribution < 1.29 is 17.6 Å². The highest BCUT2D eigenvalue weighted by molar-refractivity contribution is 9.10. The number of para-hydroxylation sites is 1. The number of sulfonamides is 1. The van der Waals surface area contributed by atoms with E-state index in [2.05, 4.69) is 21.2 Å². The van der Waals surface area contributed by atoms with E-state index in [9.17, 15) is 13.2 Å². The summed E-state index contributed by atoms with van der Waals surface area (Å²) in [6, 6.07) is 14.4. The zero-order chi connectivity index (χ0) is 20.3. The lowest BCUT2D eigenvalue weighted by Gasteiger charge is -2.22. The van der Waals surface area contributed by atoms with Gasteiger partial charge in [-0.15, -0.1) is 0 Å². The van der Waals surface area contributed by atoms with Crippen LogP contribution in [0.25, 0.3) is 0 Å². The van der Waals surface area contributed by atoms with Crippen molar-refractivity contribution in [3.8, 4) is 0 Å². The van der Waals surface area contributed by atoms with Gasteiger partial charge in [0, 0.05) is 11.5 Å². The highest BCUT2D eigenvalue weighted by Crippen LogP contribution is 2.31. The number of nitrogens with one attached hydrogen (secondary N) is 1. The van der Waals surface area contributed by atoms with Gasteiger partial charge >= 0.3 is 0 Å². The maximum absolute atomic E-state index is 13.1. The summed E-state index contributed by atoms with van der Waals surface area (Å²) in [5.74, 6) is 0.171. The van der Waals surface area contributed by atoms with Crippen LogP contribution in [0, 0.1) is 0 Å². The van der Waals surface area contributed by atoms with Crippen molar-refractivity contribution >= 4 is 49.1 Å². The number of anilines is 1. The zero-order valence-electron chi connectivity index (χ0n) is 14.7. The van der Waals surface area contributed by atoms with Crippen LogP contribution in [0.2, 0.25) is 5.02 Å². The van der Waals surface area contributed by atoms with Crippen molar-refractivity contribution in [3.63, 3.8) is 0 Å². The van der Waals surface area contributed by atoms with Gasteiger partial charge in [-0.1, -0.05) is 39.7 Å². The predicted molar refractivity (Wildman–Crippen MR) is 111 cm³/mol. The molecule has 1 N–H and O–H groups in total. The molecule has 0 bridgehead atoms. The van der Waals surface area contributed by atoms with Gasteiger partial charge < -0.3 is 9.73 Å². The van der Waals surface area contributed by atoms with Crippen LogP contribution in [0.4, 0.5) is 5.69 Å². The molecule has 9 heteroatoms. The van der Waals surface area contributed by atoms with E-state index in [1.807, 2.05) is 0 Å². The summed E-state index contributed by atoms with van der Waals surface area (Å²) in [7, 11) is -2.59. The first-order valence-electron chi connectivity index (χ1n) is 8.14. The summed E-state index contributed by atoms with van der Waals surface area (Å²) in [6.07, 6.45) is 1.51. The molecule has 3 aromatic rings. The monoisotopic (exact) mass is 482 g/mol. The number of carbonyl (C=O) groups is 1. The summed E-state index contributed by atoms with van der Waals surface area (Å²) in [5.41, 5.74) is 0.451. The number of benzene rings is 2. The summed E-state index contributed by atoms with van der Waals surface area (Å²) in [6.45, 7) is 0.190. The highest BCUT2D eigenvalue weighted by atomic mass is 79.9. The number of furan rings is 1. The average Bonchev–Trinajstić information content (AvgIpc) is 3.18. The molecular weight excluding hydrogens is 468 g/mol. The van der Waals surface area contributed by atoms with E-state index in [0.29, 0.717) is 10.2 Å². The Morgan fingerprint density at radius 1 is 1.18 bits per heavy atom. The fourth-order valence-electron chi connectivity index (χ4n) is 2.58. The van der Waals surface area contributed by atoms with E-state index in [0.717, 1.165) is 4.31 Å². The molecule has 28 heavy (non-hydrogen) atoms. The van der Waals surface area contributed by atoms with Crippen LogP contribution in [0.3, 0.4) is 0 Å². The first kappa shape index (κ1) is 20.4. The molecule has 0 unspecified atom stereocenters. The Bertz CT molecular complexity index is 1100. The smallest absolute Gasteiger partial charge is 0.265 e. The zero-order valence-corrected chi connectivity index (χ0v) is 17.9. The van der Waals surface area contributed by atoms with Gasteiger partial charge in [0.2, 0.25) is 0 Å². The third kappa shape index (κ3) is 4.24. The third-order valence-electron chi connectivity index (χ3n) is 4.02. The summed E-state index contributed by atoms with van der Waals surface area (Å²) in [4.78, 5) is 12.6. The Hall–Kier alpha value is -2.29. The van der Waals surface area contributed by atoms with Gasteiger partial charge in [-0.25, -0.2) is 8.42 Å². The first-order valence-corrected chi connectivity index (χ1v) is 10.8. The van der Waals surface area contributed by atoms with Crippen molar-refractivity contribution in [1.82, 2.24) is 5.32 Å². The normalized spacial score (nSPS) is 11.2. The van der Waals surface area contributed by atoms with Gasteiger partial charge in [0.15, 0.2) is 0 Å². The number of halogens is 2. The van der Waals surface area contributed by atoms with Gasteiger partial charge in [0.05, 0.1) is 29.1 Å². The average molecular weight is 484 g/mol. The first-order chi connectivity index (χ1) is 13.3. The minimum absolute atomic E-state index is 0.0503. The number of rotatable bonds is 6. The SMILES string of the molecule is CN(c1ccccc1C(=O)NCc1ccco1)S(=O)(=O)c1ccc(Br)cc1Cl. The number of amides is 1. The van der Waals surface area contributed by atoms with E-state index in [1.165, 1.54) is 25.4 Å². The molecule has 0 spiro atoms. The van der Waals surface area contributed by atoms with Crippen LogP contribution in [-0.4, -0.2) is 21.4 Å². The maximum Gasteiger partial charge on any atom is 0.265 e. The lowest BCUT2D eigenvalue weighted by molar-refractivity contribution is 0.0948. The Kier molecular flexibility index (Phi) is 6.12. The largest absolute Gasteiger partial charge is 0.467 e. The van der Waals surface area contributed by atoms with Crippen molar-refractivity contribution in [2.45, 2.75) is 11.4 Å². The number of carbonyl (C=O) groups excluding carboxylic acids is 1. The van der Waals surface area contributed by atoms with Crippen LogP contribution in [0.1, 0.15) is 16.1 Å². The Morgan fingerprint density at radius 2 is 1.93 bits per heavy atom. The summed E-state index contributed by atoms with van der Waals surface area (Å²) < 4.78 is 33.0. The maximum atomic E-state index is 13.1. The van der Waals surface area contributed by atoms with Crippen molar-refractivity contribution in [2.24, 2.45) is 0 Å². The molecule has 6 nitrogen and oxygen atoms in total. The van der Waals surface area contributed by atoms with Crippen LogP contribution in [0.15, 0.2) is 74.6 Å². The van der Waals surface area contributed by atoms with E-state index in [4.69, 9.17) is 16.0 Å². The Morgan fingerprint density at radius 3 is 2.61 bits per heavy atom. The molecule has 0 aliphatic heterocycles. The van der Waals surface area contributed by atoms with Crippen LogP contribution < -0.4 is 9.62 Å². The molecule has 0 aliphatic carbocycles. The molecule has 1 amide bonds. The molecule has 1 heterocycles. The topological polar surface area (TPSA) is 79.6 Å². The van der Waals surface area contributed by atoms with Gasteiger partial charge in [-0.3, -0.25) is 9.10 Å². The molecule has 0 fully saturated rings. The second kappa shape index (κ2) is 8.38. The van der Waals surface area contributed by atoms with Gasteiger partial charge in [0.1, 0.15) is 10.7 Å². The second-order valence-electron chi connectivity index (χ2n) is 5.83. The molecule has 2 aromatic carbocycles. The standard InChI is InChI=1S/C19H16BrClN2O4S/c1-23(28(25,26)18-9-8-13(20)11-16(18)21)17-7-3-2-6-15(17)19(24)22-12-14-5-4-10-27-14/h2-11H,12H2,1H3,(H,22,24). The predicted octanol–water partition coefficient (Wildman–Crippen LogP) is 4.45. The molecule has 0 atom stereocenters. The minimum atomic E-state index is -3.97. The summed E-state index contributed by atoms with van der Waals surface area (Å²) >= 11 is 9.38. The molecule has 0 saturated carbocycles. The van der Waals surface area contributed by atoms with E-state index >= 15 is 0 Å². The van der Waals surface area contributed by atoms with Crippen molar-refractivity contribution in [3.05, 3.63) is 81.7 Å². The number of nitrogens with zero attached hydrogens (tertiary/aromatic N) is 1. The number of hydrogen-bond acceptors (Lipinski definition) is 4. The van der Waals surface area contributed by atoms with Crippen molar-refractivity contribution in [1.29, 1.82) is 0 Å². The van der Waals surface area contributed by atoms with Crippen LogP contribution in [-0.2, 0) is 16.6 Å². The summed E-state index contributed by atoms with van der Waals surface area (Å²) in [5, 5.41) is 2.80. The van der Waals surface area contributed by atoms with E-state index in [1.54, 1.807) is 42.5 Å². The molecule has 0 aliphatic rings. The highest BCUT2D eigenvalue weighted by Gasteiger charge is 2.27. The molecule has 0 saturated heterocycles. The molecule has 3 rings (SSSR count). The lowest BCUT2D eigenvalue weighted by atomic mass is 10.1. The molecule has 0 radical (unpaired) electrons. The fourth-order valence-corrected chi connectivity index (χ4v) is 4.80. The van der Waals surface area contributed by atoms with Gasteiger partial charge in [-0.05, 0) is 42.5 Å². The van der Waals surface area contributed by atoms with Crippen LogP contribution >= 0.6 is 27.5 Å². The number of hydrogen-bond donors (Lipinski definition) is 1. The Balaban J connectivity index is 1.91. The second-order valence-corrected chi connectivity index (χ2v) is 9.09. The Labute approximate surface area is 176 Å². The lowest BCUT2D eigenvalue weighted by Crippen LogP contribution is -2.30. The van der Waals surface area contributed by atoms with E-state index in [-0.39, 0.29) is 27.7 Å². The molecular formula is C19H16BrClN2O4S. The van der Waals surface area contributed by atoms with Crippen LogP contribution in [0.5, 0.6) is 0 Å². The van der Waals surface area contributed by atoms with Gasteiger partial charge in [-0.2, -0.15) is 0 Å². The third-order valence-corrected chi connectivity index (χ3v) is 6.77.